The van der Waals surface area contributed by atoms with Crippen LogP contribution >= 0.6 is 0 Å². The maximum atomic E-state index is 12.7. The van der Waals surface area contributed by atoms with Gasteiger partial charge in [-0.05, 0) is 48.9 Å². The number of rotatable bonds is 5. The Morgan fingerprint density at radius 3 is 2.43 bits per heavy atom. The van der Waals surface area contributed by atoms with Crippen molar-refractivity contribution < 1.29 is 8.42 Å². The fourth-order valence-electron chi connectivity index (χ4n) is 2.61. The summed E-state index contributed by atoms with van der Waals surface area (Å²) in [6, 6.07) is 7.10. The van der Waals surface area contributed by atoms with Crippen LogP contribution in [0.3, 0.4) is 0 Å². The molecule has 1 saturated heterocycles. The van der Waals surface area contributed by atoms with Gasteiger partial charge in [0.2, 0.25) is 10.0 Å². The van der Waals surface area contributed by atoms with Crippen molar-refractivity contribution in [3.05, 3.63) is 24.3 Å². The number of hydrogen-bond acceptors (Lipinski definition) is 3. The zero-order valence-corrected chi connectivity index (χ0v) is 14.0. The lowest BCUT2D eigenvalue weighted by Gasteiger charge is -2.34. The quantitative estimate of drug-likeness (QED) is 0.909. The Kier molecular flexibility index (Phi) is 5.27. The van der Waals surface area contributed by atoms with Crippen LogP contribution in [0.15, 0.2) is 29.2 Å². The average Bonchev–Trinajstić information content (AvgIpc) is 2.48. The van der Waals surface area contributed by atoms with Crippen LogP contribution in [0.25, 0.3) is 0 Å². The standard InChI is InChI=1S/C16H26N2O2S/c1-4-10-17-15-5-7-16(8-6-15)21(19,20)18-11-9-13(2)14(3)12-18/h5-8,13-14,17H,4,9-12H2,1-3H3. The summed E-state index contributed by atoms with van der Waals surface area (Å²) < 4.78 is 27.0. The molecule has 5 heteroatoms. The molecule has 0 radical (unpaired) electrons. The van der Waals surface area contributed by atoms with E-state index in [0.717, 1.165) is 25.1 Å². The summed E-state index contributed by atoms with van der Waals surface area (Å²) in [5, 5.41) is 3.26. The molecule has 0 bridgehead atoms. The largest absolute Gasteiger partial charge is 0.385 e. The number of anilines is 1. The highest BCUT2D eigenvalue weighted by atomic mass is 32.2. The van der Waals surface area contributed by atoms with E-state index in [4.69, 9.17) is 0 Å². The molecule has 0 amide bonds. The van der Waals surface area contributed by atoms with Crippen molar-refractivity contribution in [3.8, 4) is 0 Å². The van der Waals surface area contributed by atoms with Crippen LogP contribution < -0.4 is 5.32 Å². The smallest absolute Gasteiger partial charge is 0.243 e. The highest BCUT2D eigenvalue weighted by Crippen LogP contribution is 2.27. The van der Waals surface area contributed by atoms with Gasteiger partial charge in [-0.3, -0.25) is 0 Å². The number of nitrogens with zero attached hydrogens (tertiary/aromatic N) is 1. The van der Waals surface area contributed by atoms with E-state index in [9.17, 15) is 8.42 Å². The van der Waals surface area contributed by atoms with Gasteiger partial charge in [0.1, 0.15) is 0 Å². The predicted molar refractivity (Wildman–Crippen MR) is 86.9 cm³/mol. The molecular weight excluding hydrogens is 284 g/mol. The summed E-state index contributed by atoms with van der Waals surface area (Å²) in [5.41, 5.74) is 0.969. The molecule has 0 aromatic heterocycles. The Balaban J connectivity index is 2.12. The van der Waals surface area contributed by atoms with Gasteiger partial charge in [-0.15, -0.1) is 0 Å². The fraction of sp³-hybridized carbons (Fsp3) is 0.625. The molecule has 2 unspecified atom stereocenters. The van der Waals surface area contributed by atoms with Crippen LogP contribution in [-0.4, -0.2) is 32.4 Å². The number of hydrogen-bond donors (Lipinski definition) is 1. The van der Waals surface area contributed by atoms with E-state index in [-0.39, 0.29) is 0 Å². The first kappa shape index (κ1) is 16.3. The Morgan fingerprint density at radius 1 is 1.19 bits per heavy atom. The van der Waals surface area contributed by atoms with E-state index in [1.54, 1.807) is 16.4 Å². The Hall–Kier alpha value is -1.07. The fourth-order valence-corrected chi connectivity index (χ4v) is 4.16. The van der Waals surface area contributed by atoms with Crippen LogP contribution in [0, 0.1) is 11.8 Å². The first-order valence-corrected chi connectivity index (χ1v) is 9.23. The SMILES string of the molecule is CCCNc1ccc(S(=O)(=O)N2CCC(C)C(C)C2)cc1. The first-order chi connectivity index (χ1) is 9.95. The first-order valence-electron chi connectivity index (χ1n) is 7.79. The Bertz CT molecular complexity index is 554. The third kappa shape index (κ3) is 3.77. The van der Waals surface area contributed by atoms with E-state index in [0.29, 0.717) is 29.8 Å². The highest BCUT2D eigenvalue weighted by molar-refractivity contribution is 7.89. The van der Waals surface area contributed by atoms with Crippen molar-refractivity contribution >= 4 is 15.7 Å². The lowest BCUT2D eigenvalue weighted by atomic mass is 9.90. The zero-order chi connectivity index (χ0) is 15.5. The molecule has 1 aliphatic heterocycles. The van der Waals surface area contributed by atoms with E-state index in [2.05, 4.69) is 26.1 Å². The minimum absolute atomic E-state index is 0.395. The summed E-state index contributed by atoms with van der Waals surface area (Å²) in [7, 11) is -3.35. The van der Waals surface area contributed by atoms with Gasteiger partial charge in [0, 0.05) is 25.3 Å². The Morgan fingerprint density at radius 2 is 1.86 bits per heavy atom. The van der Waals surface area contributed by atoms with Crippen molar-refractivity contribution in [3.63, 3.8) is 0 Å². The third-order valence-electron chi connectivity index (χ3n) is 4.37. The second-order valence-corrected chi connectivity index (χ2v) is 8.00. The lowest BCUT2D eigenvalue weighted by molar-refractivity contribution is 0.212. The molecule has 1 aliphatic rings. The molecule has 2 atom stereocenters. The summed E-state index contributed by atoms with van der Waals surface area (Å²) in [5.74, 6) is 1.01. The topological polar surface area (TPSA) is 49.4 Å². The molecule has 1 N–H and O–H groups in total. The minimum atomic E-state index is -3.35. The summed E-state index contributed by atoms with van der Waals surface area (Å²) in [6.07, 6.45) is 1.99. The van der Waals surface area contributed by atoms with Gasteiger partial charge in [-0.25, -0.2) is 8.42 Å². The van der Waals surface area contributed by atoms with Gasteiger partial charge in [-0.1, -0.05) is 20.8 Å². The minimum Gasteiger partial charge on any atom is -0.385 e. The lowest BCUT2D eigenvalue weighted by Crippen LogP contribution is -2.42. The van der Waals surface area contributed by atoms with Gasteiger partial charge in [0.15, 0.2) is 0 Å². The molecule has 0 aliphatic carbocycles. The highest BCUT2D eigenvalue weighted by Gasteiger charge is 2.31. The monoisotopic (exact) mass is 310 g/mol. The van der Waals surface area contributed by atoms with Crippen molar-refractivity contribution in [1.82, 2.24) is 4.31 Å². The van der Waals surface area contributed by atoms with Crippen LogP contribution in [0.1, 0.15) is 33.6 Å². The molecular formula is C16H26N2O2S. The van der Waals surface area contributed by atoms with Crippen LogP contribution in [-0.2, 0) is 10.0 Å². The van der Waals surface area contributed by atoms with Crippen LogP contribution in [0.5, 0.6) is 0 Å². The predicted octanol–water partition coefficient (Wildman–Crippen LogP) is 3.18. The van der Waals surface area contributed by atoms with Crippen molar-refractivity contribution in [2.24, 2.45) is 11.8 Å². The molecule has 1 fully saturated rings. The zero-order valence-electron chi connectivity index (χ0n) is 13.2. The number of sulfonamides is 1. The normalized spacial score (nSPS) is 24.0. The van der Waals surface area contributed by atoms with E-state index < -0.39 is 10.0 Å². The van der Waals surface area contributed by atoms with Gasteiger partial charge in [0.25, 0.3) is 0 Å². The number of piperidine rings is 1. The second kappa shape index (κ2) is 6.79. The van der Waals surface area contributed by atoms with Gasteiger partial charge < -0.3 is 5.32 Å². The van der Waals surface area contributed by atoms with E-state index in [1.807, 2.05) is 12.1 Å². The van der Waals surface area contributed by atoms with Crippen LogP contribution in [0.2, 0.25) is 0 Å². The Labute approximate surface area is 128 Å². The van der Waals surface area contributed by atoms with Crippen molar-refractivity contribution in [1.29, 1.82) is 0 Å². The summed E-state index contributed by atoms with van der Waals surface area (Å²) >= 11 is 0. The molecule has 21 heavy (non-hydrogen) atoms. The number of nitrogens with one attached hydrogen (secondary N) is 1. The summed E-state index contributed by atoms with van der Waals surface area (Å²) in [6.45, 7) is 8.58. The maximum absolute atomic E-state index is 12.7. The van der Waals surface area contributed by atoms with E-state index >= 15 is 0 Å². The molecule has 0 spiro atoms. The second-order valence-electron chi connectivity index (χ2n) is 6.06. The van der Waals surface area contributed by atoms with Crippen molar-refractivity contribution in [2.45, 2.75) is 38.5 Å². The molecule has 1 heterocycles. The van der Waals surface area contributed by atoms with Crippen molar-refractivity contribution in [2.75, 3.05) is 25.0 Å². The maximum Gasteiger partial charge on any atom is 0.243 e. The molecule has 1 aromatic carbocycles. The molecule has 2 rings (SSSR count). The molecule has 4 nitrogen and oxygen atoms in total. The van der Waals surface area contributed by atoms with Crippen LogP contribution in [0.4, 0.5) is 5.69 Å². The molecule has 118 valence electrons. The molecule has 0 saturated carbocycles. The average molecular weight is 310 g/mol. The number of benzene rings is 1. The van der Waals surface area contributed by atoms with Gasteiger partial charge >= 0.3 is 0 Å². The summed E-state index contributed by atoms with van der Waals surface area (Å²) in [4.78, 5) is 0.395. The van der Waals surface area contributed by atoms with Gasteiger partial charge in [0.05, 0.1) is 4.90 Å². The third-order valence-corrected chi connectivity index (χ3v) is 6.25. The van der Waals surface area contributed by atoms with E-state index in [1.165, 1.54) is 0 Å². The molecule has 1 aromatic rings. The van der Waals surface area contributed by atoms with Gasteiger partial charge in [-0.2, -0.15) is 4.31 Å².